The maximum absolute atomic E-state index is 12.7. The minimum absolute atomic E-state index is 0.0730. The molecule has 2 aromatic heterocycles. The molecule has 34 heavy (non-hydrogen) atoms. The largest absolute Gasteiger partial charge is 0.490 e. The fourth-order valence-corrected chi connectivity index (χ4v) is 3.93. The minimum atomic E-state index is -0.337. The van der Waals surface area contributed by atoms with Gasteiger partial charge in [0.15, 0.2) is 17.1 Å². The summed E-state index contributed by atoms with van der Waals surface area (Å²) in [6.45, 7) is 6.98. The summed E-state index contributed by atoms with van der Waals surface area (Å²) in [5.74, 6) is 1.45. The monoisotopic (exact) mass is 467 g/mol. The van der Waals surface area contributed by atoms with Gasteiger partial charge < -0.3 is 24.6 Å². The molecule has 1 fully saturated rings. The number of carbonyl (C=O) groups is 2. The van der Waals surface area contributed by atoms with E-state index < -0.39 is 0 Å². The number of ether oxygens (including phenoxy) is 2. The number of piperazine rings is 1. The molecule has 0 unspecified atom stereocenters. The van der Waals surface area contributed by atoms with Crippen molar-refractivity contribution >= 4 is 28.7 Å². The highest BCUT2D eigenvalue weighted by molar-refractivity contribution is 5.97. The molecule has 0 saturated carbocycles. The number of aromatic nitrogens is 4. The van der Waals surface area contributed by atoms with Crippen molar-refractivity contribution in [2.24, 2.45) is 7.05 Å². The summed E-state index contributed by atoms with van der Waals surface area (Å²) in [6, 6.07) is 5.00. The summed E-state index contributed by atoms with van der Waals surface area (Å²) in [6.07, 6.45) is 3.29. The van der Waals surface area contributed by atoms with Crippen molar-refractivity contribution in [3.05, 3.63) is 36.3 Å². The van der Waals surface area contributed by atoms with E-state index in [4.69, 9.17) is 9.47 Å². The topological polar surface area (TPSA) is 115 Å². The maximum atomic E-state index is 12.7. The number of benzene rings is 1. The molecule has 2 amide bonds. The zero-order chi connectivity index (χ0) is 24.1. The van der Waals surface area contributed by atoms with Gasteiger partial charge in [0.25, 0.3) is 5.91 Å². The van der Waals surface area contributed by atoms with E-state index in [1.54, 1.807) is 34.0 Å². The summed E-state index contributed by atoms with van der Waals surface area (Å²) in [4.78, 5) is 37.9. The van der Waals surface area contributed by atoms with Crippen molar-refractivity contribution in [2.75, 3.05) is 50.8 Å². The molecule has 0 aliphatic carbocycles. The van der Waals surface area contributed by atoms with Crippen molar-refractivity contribution in [2.45, 2.75) is 13.8 Å². The molecule has 3 aromatic rings. The zero-order valence-corrected chi connectivity index (χ0v) is 19.7. The average Bonchev–Trinajstić information content (AvgIpc) is 3.24. The fourth-order valence-electron chi connectivity index (χ4n) is 3.93. The molecule has 0 atom stereocenters. The molecule has 0 bridgehead atoms. The first-order valence-corrected chi connectivity index (χ1v) is 11.3. The lowest BCUT2D eigenvalue weighted by Gasteiger charge is -2.35. The van der Waals surface area contributed by atoms with Crippen LogP contribution in [0.5, 0.6) is 11.5 Å². The number of nitrogens with zero attached hydrogens (tertiary/aromatic N) is 6. The molecule has 1 aliphatic rings. The van der Waals surface area contributed by atoms with Gasteiger partial charge >= 0.3 is 0 Å². The lowest BCUT2D eigenvalue weighted by atomic mass is 10.2. The van der Waals surface area contributed by atoms with Crippen LogP contribution in [0.1, 0.15) is 24.2 Å². The van der Waals surface area contributed by atoms with Gasteiger partial charge in [-0.1, -0.05) is 0 Å². The van der Waals surface area contributed by atoms with E-state index >= 15 is 0 Å². The Morgan fingerprint density at radius 2 is 1.76 bits per heavy atom. The average molecular weight is 468 g/mol. The molecule has 4 rings (SSSR count). The van der Waals surface area contributed by atoms with Crippen LogP contribution in [0.3, 0.4) is 0 Å². The third-order valence-electron chi connectivity index (χ3n) is 5.65. The molecule has 1 aliphatic heterocycles. The van der Waals surface area contributed by atoms with Crippen LogP contribution in [-0.4, -0.2) is 82.4 Å². The van der Waals surface area contributed by atoms with Crippen LogP contribution < -0.4 is 19.7 Å². The van der Waals surface area contributed by atoms with Crippen LogP contribution in [-0.2, 0) is 11.8 Å². The second kappa shape index (κ2) is 10.4. The molecule has 180 valence electrons. The molecule has 1 aromatic carbocycles. The summed E-state index contributed by atoms with van der Waals surface area (Å²) in [7, 11) is 1.84. The van der Waals surface area contributed by atoms with Crippen LogP contribution in [0.2, 0.25) is 0 Å². The second-order valence-electron chi connectivity index (χ2n) is 7.78. The third kappa shape index (κ3) is 4.87. The number of fused-ring (bicyclic) bond motifs is 1. The number of nitrogens with one attached hydrogen (secondary N) is 1. The summed E-state index contributed by atoms with van der Waals surface area (Å²) >= 11 is 0. The fraction of sp³-hybridized carbons (Fsp3) is 0.435. The van der Waals surface area contributed by atoms with E-state index in [0.717, 1.165) is 16.9 Å². The Morgan fingerprint density at radius 1 is 1.03 bits per heavy atom. The Kier molecular flexibility index (Phi) is 7.09. The molecule has 1 saturated heterocycles. The molecule has 11 heteroatoms. The molecule has 0 radical (unpaired) electrons. The van der Waals surface area contributed by atoms with Crippen molar-refractivity contribution in [3.63, 3.8) is 0 Å². The van der Waals surface area contributed by atoms with Gasteiger partial charge in [-0.3, -0.25) is 14.3 Å². The Labute approximate surface area is 197 Å². The number of anilines is 1. The van der Waals surface area contributed by atoms with Crippen molar-refractivity contribution < 1.29 is 19.1 Å². The smallest absolute Gasteiger partial charge is 0.251 e. The first-order chi connectivity index (χ1) is 16.5. The van der Waals surface area contributed by atoms with E-state index in [0.29, 0.717) is 56.5 Å². The lowest BCUT2D eigenvalue weighted by Crippen LogP contribution is -2.51. The quantitative estimate of drug-likeness (QED) is 0.526. The van der Waals surface area contributed by atoms with Gasteiger partial charge in [0.05, 0.1) is 31.3 Å². The Morgan fingerprint density at radius 3 is 2.50 bits per heavy atom. The Bertz CT molecular complexity index is 1170. The van der Waals surface area contributed by atoms with Gasteiger partial charge in [0.1, 0.15) is 12.1 Å². The number of carbonyl (C=O) groups excluding carboxylic acids is 2. The number of aryl methyl sites for hydroxylation is 1. The predicted octanol–water partition coefficient (Wildman–Crippen LogP) is 1.24. The minimum Gasteiger partial charge on any atom is -0.490 e. The SMILES string of the molecule is CCOc1ccc(C(=O)NCC(=O)N2CCN(c3ncnc4c3cnn4C)CC2)cc1OCC. The first-order valence-electron chi connectivity index (χ1n) is 11.3. The lowest BCUT2D eigenvalue weighted by molar-refractivity contribution is -0.130. The highest BCUT2D eigenvalue weighted by Crippen LogP contribution is 2.28. The summed E-state index contributed by atoms with van der Waals surface area (Å²) < 4.78 is 12.8. The van der Waals surface area contributed by atoms with Gasteiger partial charge in [0, 0.05) is 38.8 Å². The number of amides is 2. The van der Waals surface area contributed by atoms with Crippen LogP contribution >= 0.6 is 0 Å². The molecule has 11 nitrogen and oxygen atoms in total. The van der Waals surface area contributed by atoms with E-state index in [1.165, 1.54) is 6.33 Å². The summed E-state index contributed by atoms with van der Waals surface area (Å²) in [5.41, 5.74) is 1.18. The number of hydrogen-bond acceptors (Lipinski definition) is 8. The van der Waals surface area contributed by atoms with Gasteiger partial charge in [-0.25, -0.2) is 9.97 Å². The van der Waals surface area contributed by atoms with Crippen LogP contribution in [0, 0.1) is 0 Å². The molecular formula is C23H29N7O4. The Hall–Kier alpha value is -3.89. The van der Waals surface area contributed by atoms with Gasteiger partial charge in [-0.05, 0) is 32.0 Å². The van der Waals surface area contributed by atoms with Crippen molar-refractivity contribution in [1.82, 2.24) is 30.0 Å². The Balaban J connectivity index is 1.32. The number of hydrogen-bond donors (Lipinski definition) is 1. The molecule has 1 N–H and O–H groups in total. The van der Waals surface area contributed by atoms with Crippen LogP contribution in [0.4, 0.5) is 5.82 Å². The molecular weight excluding hydrogens is 438 g/mol. The highest BCUT2D eigenvalue weighted by atomic mass is 16.5. The van der Waals surface area contributed by atoms with Crippen molar-refractivity contribution in [1.29, 1.82) is 0 Å². The first kappa shape index (κ1) is 23.3. The summed E-state index contributed by atoms with van der Waals surface area (Å²) in [5, 5.41) is 7.86. The standard InChI is InChI=1S/C23H29N7O4/c1-4-33-18-7-6-16(12-19(18)34-5-2)23(32)24-14-20(31)29-8-10-30(11-9-29)22-17-13-27-28(3)21(17)25-15-26-22/h6-7,12-13,15H,4-5,8-11,14H2,1-3H3,(H,24,32). The molecule has 3 heterocycles. The van der Waals surface area contributed by atoms with Gasteiger partial charge in [-0.15, -0.1) is 0 Å². The van der Waals surface area contributed by atoms with Crippen molar-refractivity contribution in [3.8, 4) is 11.5 Å². The van der Waals surface area contributed by atoms with E-state index in [2.05, 4.69) is 25.3 Å². The van der Waals surface area contributed by atoms with E-state index in [-0.39, 0.29) is 18.4 Å². The third-order valence-corrected chi connectivity index (χ3v) is 5.65. The number of rotatable bonds is 8. The second-order valence-corrected chi connectivity index (χ2v) is 7.78. The predicted molar refractivity (Wildman–Crippen MR) is 126 cm³/mol. The van der Waals surface area contributed by atoms with Crippen LogP contribution in [0.15, 0.2) is 30.7 Å². The highest BCUT2D eigenvalue weighted by Gasteiger charge is 2.24. The van der Waals surface area contributed by atoms with Gasteiger partial charge in [-0.2, -0.15) is 5.10 Å². The van der Waals surface area contributed by atoms with Gasteiger partial charge in [0.2, 0.25) is 5.91 Å². The maximum Gasteiger partial charge on any atom is 0.251 e. The van der Waals surface area contributed by atoms with E-state index in [9.17, 15) is 9.59 Å². The van der Waals surface area contributed by atoms with E-state index in [1.807, 2.05) is 20.9 Å². The molecule has 0 spiro atoms. The van der Waals surface area contributed by atoms with Crippen LogP contribution in [0.25, 0.3) is 11.0 Å². The normalized spacial score (nSPS) is 13.7. The zero-order valence-electron chi connectivity index (χ0n) is 19.7.